The van der Waals surface area contributed by atoms with Crippen molar-refractivity contribution in [3.8, 4) is 0 Å². The van der Waals surface area contributed by atoms with Crippen LogP contribution in [0.15, 0.2) is 29.2 Å². The maximum Gasteiger partial charge on any atom is 0.350 e. The SMILES string of the molecule is CC(N)C1CCN(CCn2nc3ccccn3c2=O)C1. The Hall–Kier alpha value is -1.66. The first kappa shape index (κ1) is 13.3. The average molecular weight is 275 g/mol. The molecule has 0 spiro atoms. The molecule has 0 bridgehead atoms. The number of aromatic nitrogens is 3. The Morgan fingerprint density at radius 2 is 2.30 bits per heavy atom. The van der Waals surface area contributed by atoms with Crippen LogP contribution in [0.2, 0.25) is 0 Å². The molecule has 2 aromatic heterocycles. The van der Waals surface area contributed by atoms with Crippen molar-refractivity contribution in [1.29, 1.82) is 0 Å². The Morgan fingerprint density at radius 3 is 3.00 bits per heavy atom. The summed E-state index contributed by atoms with van der Waals surface area (Å²) in [5, 5.41) is 4.34. The third-order valence-electron chi connectivity index (χ3n) is 4.17. The normalized spacial score (nSPS) is 21.6. The summed E-state index contributed by atoms with van der Waals surface area (Å²) in [6.07, 6.45) is 2.90. The molecule has 0 saturated carbocycles. The quantitative estimate of drug-likeness (QED) is 0.863. The van der Waals surface area contributed by atoms with Crippen LogP contribution >= 0.6 is 0 Å². The van der Waals surface area contributed by atoms with Crippen LogP contribution in [0.5, 0.6) is 0 Å². The fraction of sp³-hybridized carbons (Fsp3) is 0.571. The lowest BCUT2D eigenvalue weighted by Crippen LogP contribution is -2.32. The van der Waals surface area contributed by atoms with E-state index in [9.17, 15) is 4.79 Å². The lowest BCUT2D eigenvalue weighted by Gasteiger charge is -2.17. The van der Waals surface area contributed by atoms with E-state index in [0.29, 0.717) is 18.1 Å². The largest absolute Gasteiger partial charge is 0.350 e. The lowest BCUT2D eigenvalue weighted by atomic mass is 10.0. The summed E-state index contributed by atoms with van der Waals surface area (Å²) < 4.78 is 3.13. The van der Waals surface area contributed by atoms with Crippen molar-refractivity contribution < 1.29 is 0 Å². The van der Waals surface area contributed by atoms with Gasteiger partial charge in [0.1, 0.15) is 0 Å². The molecule has 2 unspecified atom stereocenters. The summed E-state index contributed by atoms with van der Waals surface area (Å²) in [4.78, 5) is 14.5. The molecule has 20 heavy (non-hydrogen) atoms. The molecule has 0 radical (unpaired) electrons. The van der Waals surface area contributed by atoms with Gasteiger partial charge in [-0.1, -0.05) is 6.07 Å². The zero-order chi connectivity index (χ0) is 14.1. The number of nitrogens with two attached hydrogens (primary N) is 1. The zero-order valence-electron chi connectivity index (χ0n) is 11.8. The highest BCUT2D eigenvalue weighted by atomic mass is 16.2. The predicted molar refractivity (Wildman–Crippen MR) is 77.6 cm³/mol. The van der Waals surface area contributed by atoms with Gasteiger partial charge in [-0.2, -0.15) is 0 Å². The summed E-state index contributed by atoms with van der Waals surface area (Å²) in [5.41, 5.74) is 6.58. The zero-order valence-corrected chi connectivity index (χ0v) is 11.8. The number of fused-ring (bicyclic) bond motifs is 1. The standard InChI is InChI=1S/C14H21N5O/c1-11(15)12-5-7-17(10-12)8-9-19-14(20)18-6-3-2-4-13(18)16-19/h2-4,6,11-12H,5,7-10,15H2,1H3. The van der Waals surface area contributed by atoms with Crippen molar-refractivity contribution in [3.63, 3.8) is 0 Å². The van der Waals surface area contributed by atoms with Crippen LogP contribution in [0.25, 0.3) is 5.65 Å². The van der Waals surface area contributed by atoms with E-state index < -0.39 is 0 Å². The van der Waals surface area contributed by atoms with Crippen LogP contribution in [0.3, 0.4) is 0 Å². The van der Waals surface area contributed by atoms with E-state index in [1.165, 1.54) is 0 Å². The fourth-order valence-electron chi connectivity index (χ4n) is 2.84. The van der Waals surface area contributed by atoms with Gasteiger partial charge in [-0.3, -0.25) is 4.40 Å². The Labute approximate surface area is 117 Å². The van der Waals surface area contributed by atoms with E-state index in [2.05, 4.69) is 16.9 Å². The van der Waals surface area contributed by atoms with Crippen LogP contribution in [-0.2, 0) is 6.54 Å². The molecular formula is C14H21N5O. The number of pyridine rings is 1. The Balaban J connectivity index is 1.66. The molecule has 2 atom stereocenters. The van der Waals surface area contributed by atoms with Gasteiger partial charge >= 0.3 is 5.69 Å². The first-order valence-electron chi connectivity index (χ1n) is 7.17. The van der Waals surface area contributed by atoms with E-state index in [4.69, 9.17) is 5.73 Å². The number of rotatable bonds is 4. The van der Waals surface area contributed by atoms with Gasteiger partial charge in [-0.05, 0) is 37.9 Å². The van der Waals surface area contributed by atoms with E-state index in [0.717, 1.165) is 26.1 Å². The fourth-order valence-corrected chi connectivity index (χ4v) is 2.84. The molecule has 108 valence electrons. The minimum absolute atomic E-state index is 0.0662. The third kappa shape index (κ3) is 2.48. The van der Waals surface area contributed by atoms with E-state index in [1.807, 2.05) is 18.2 Å². The van der Waals surface area contributed by atoms with Crippen molar-refractivity contribution in [2.24, 2.45) is 11.7 Å². The first-order valence-corrected chi connectivity index (χ1v) is 7.17. The van der Waals surface area contributed by atoms with Crippen molar-refractivity contribution >= 4 is 5.65 Å². The van der Waals surface area contributed by atoms with Crippen LogP contribution < -0.4 is 11.4 Å². The van der Waals surface area contributed by atoms with Crippen molar-refractivity contribution in [2.75, 3.05) is 19.6 Å². The van der Waals surface area contributed by atoms with Gasteiger partial charge < -0.3 is 10.6 Å². The van der Waals surface area contributed by atoms with Crippen molar-refractivity contribution in [2.45, 2.75) is 25.9 Å². The third-order valence-corrected chi connectivity index (χ3v) is 4.17. The molecule has 0 aliphatic carbocycles. The Kier molecular flexibility index (Phi) is 3.58. The molecule has 0 aromatic carbocycles. The Morgan fingerprint density at radius 1 is 1.45 bits per heavy atom. The molecule has 6 heteroatoms. The topological polar surface area (TPSA) is 68.6 Å². The maximum atomic E-state index is 12.1. The molecule has 6 nitrogen and oxygen atoms in total. The van der Waals surface area contributed by atoms with Crippen LogP contribution in [0.1, 0.15) is 13.3 Å². The maximum absolute atomic E-state index is 12.1. The Bertz CT molecular complexity index is 644. The average Bonchev–Trinajstić information content (AvgIpc) is 3.03. The second kappa shape index (κ2) is 5.38. The highest BCUT2D eigenvalue weighted by molar-refractivity contribution is 5.35. The van der Waals surface area contributed by atoms with Crippen LogP contribution in [0.4, 0.5) is 0 Å². The second-order valence-corrected chi connectivity index (χ2v) is 5.64. The van der Waals surface area contributed by atoms with Gasteiger partial charge in [0, 0.05) is 25.3 Å². The van der Waals surface area contributed by atoms with Crippen molar-refractivity contribution in [1.82, 2.24) is 19.1 Å². The lowest BCUT2D eigenvalue weighted by molar-refractivity contribution is 0.295. The summed E-state index contributed by atoms with van der Waals surface area (Å²) in [6, 6.07) is 5.83. The van der Waals surface area contributed by atoms with E-state index in [-0.39, 0.29) is 11.7 Å². The molecule has 1 aliphatic rings. The van der Waals surface area contributed by atoms with Crippen LogP contribution in [-0.4, -0.2) is 44.8 Å². The van der Waals surface area contributed by atoms with Crippen LogP contribution in [0, 0.1) is 5.92 Å². The predicted octanol–water partition coefficient (Wildman–Crippen LogP) is 0.165. The van der Waals surface area contributed by atoms with Gasteiger partial charge in [-0.25, -0.2) is 9.48 Å². The molecular weight excluding hydrogens is 254 g/mol. The molecule has 2 N–H and O–H groups in total. The number of nitrogens with zero attached hydrogens (tertiary/aromatic N) is 4. The first-order chi connectivity index (χ1) is 9.65. The smallest absolute Gasteiger partial charge is 0.328 e. The monoisotopic (exact) mass is 275 g/mol. The summed E-state index contributed by atoms with van der Waals surface area (Å²) >= 11 is 0. The molecule has 2 aromatic rings. The van der Waals surface area contributed by atoms with E-state index in [1.54, 1.807) is 15.3 Å². The molecule has 3 heterocycles. The summed E-state index contributed by atoms with van der Waals surface area (Å²) in [7, 11) is 0. The van der Waals surface area contributed by atoms with Gasteiger partial charge in [-0.15, -0.1) is 5.10 Å². The minimum atomic E-state index is -0.0662. The molecule has 1 fully saturated rings. The van der Waals surface area contributed by atoms with Gasteiger partial charge in [0.25, 0.3) is 0 Å². The van der Waals surface area contributed by atoms with Gasteiger partial charge in [0.15, 0.2) is 5.65 Å². The minimum Gasteiger partial charge on any atom is -0.328 e. The second-order valence-electron chi connectivity index (χ2n) is 5.64. The molecule has 1 aliphatic heterocycles. The van der Waals surface area contributed by atoms with E-state index >= 15 is 0 Å². The highest BCUT2D eigenvalue weighted by Gasteiger charge is 2.24. The summed E-state index contributed by atoms with van der Waals surface area (Å²) in [6.45, 7) is 5.65. The molecule has 0 amide bonds. The number of hydrogen-bond acceptors (Lipinski definition) is 4. The van der Waals surface area contributed by atoms with Gasteiger partial charge in [0.05, 0.1) is 6.54 Å². The molecule has 1 saturated heterocycles. The number of hydrogen-bond donors (Lipinski definition) is 1. The van der Waals surface area contributed by atoms with Crippen molar-refractivity contribution in [3.05, 3.63) is 34.9 Å². The van der Waals surface area contributed by atoms with Gasteiger partial charge in [0.2, 0.25) is 0 Å². The number of likely N-dealkylation sites (tertiary alicyclic amines) is 1. The highest BCUT2D eigenvalue weighted by Crippen LogP contribution is 2.18. The summed E-state index contributed by atoms with van der Waals surface area (Å²) in [5.74, 6) is 0.577. The molecule has 3 rings (SSSR count).